The molecule has 2 bridgehead atoms. The van der Waals surface area contributed by atoms with Gasteiger partial charge >= 0.3 is 4.87 Å². The second-order valence-electron chi connectivity index (χ2n) is 13.1. The normalized spacial score (nSPS) is 23.5. The van der Waals surface area contributed by atoms with Crippen LogP contribution in [0.5, 0.6) is 0 Å². The number of nitrogens with zero attached hydrogens (tertiary/aromatic N) is 4. The Morgan fingerprint density at radius 1 is 0.932 bits per heavy atom. The number of nitrogens with one attached hydrogen (secondary N) is 1. The van der Waals surface area contributed by atoms with E-state index in [4.69, 9.17) is 4.98 Å². The molecular formula is C36H39N5O2S. The molecule has 226 valence electrons. The lowest BCUT2D eigenvalue weighted by atomic mass is 9.70. The summed E-state index contributed by atoms with van der Waals surface area (Å²) in [7, 11) is 0. The van der Waals surface area contributed by atoms with Gasteiger partial charge in [-0.15, -0.1) is 0 Å². The van der Waals surface area contributed by atoms with Crippen LogP contribution in [-0.2, 0) is 5.41 Å². The molecule has 1 unspecified atom stereocenters. The number of fused-ring (bicyclic) bond motifs is 4. The van der Waals surface area contributed by atoms with E-state index in [1.54, 1.807) is 0 Å². The number of aryl methyl sites for hydroxylation is 1. The first-order chi connectivity index (χ1) is 21.5. The predicted octanol–water partition coefficient (Wildman–Crippen LogP) is 6.68. The molecule has 5 heterocycles. The minimum absolute atomic E-state index is 0.0220. The number of aromatic nitrogens is 3. The highest BCUT2D eigenvalue weighted by Crippen LogP contribution is 2.45. The number of hydrogen-bond acceptors (Lipinski definition) is 5. The fourth-order valence-corrected chi connectivity index (χ4v) is 9.49. The van der Waals surface area contributed by atoms with Crippen LogP contribution in [-0.4, -0.2) is 62.0 Å². The lowest BCUT2D eigenvalue weighted by Gasteiger charge is -2.45. The number of piperidine rings is 2. The number of amides is 1. The van der Waals surface area contributed by atoms with Crippen LogP contribution in [0.4, 0.5) is 0 Å². The van der Waals surface area contributed by atoms with Crippen LogP contribution in [0.15, 0.2) is 77.6 Å². The summed E-state index contributed by atoms with van der Waals surface area (Å²) < 4.78 is 3.36. The van der Waals surface area contributed by atoms with Gasteiger partial charge in [-0.2, -0.15) is 0 Å². The van der Waals surface area contributed by atoms with Gasteiger partial charge in [0.25, 0.3) is 5.91 Å². The smallest absolute Gasteiger partial charge is 0.305 e. The molecule has 3 aromatic carbocycles. The van der Waals surface area contributed by atoms with Gasteiger partial charge < -0.3 is 14.5 Å². The number of imidazole rings is 1. The van der Waals surface area contributed by atoms with Crippen molar-refractivity contribution in [2.24, 2.45) is 0 Å². The molecule has 3 aliphatic rings. The van der Waals surface area contributed by atoms with Crippen molar-refractivity contribution in [2.75, 3.05) is 19.6 Å². The van der Waals surface area contributed by atoms with Crippen molar-refractivity contribution < 1.29 is 4.79 Å². The highest BCUT2D eigenvalue weighted by Gasteiger charge is 2.44. The summed E-state index contributed by atoms with van der Waals surface area (Å²) >= 11 is 1.16. The third-order valence-electron chi connectivity index (χ3n) is 10.9. The van der Waals surface area contributed by atoms with Crippen molar-refractivity contribution in [1.29, 1.82) is 0 Å². The molecule has 0 saturated carbocycles. The average molecular weight is 606 g/mol. The molecule has 5 aromatic rings. The van der Waals surface area contributed by atoms with Crippen LogP contribution >= 0.6 is 11.3 Å². The van der Waals surface area contributed by atoms with E-state index in [1.807, 2.05) is 23.1 Å². The quantitative estimate of drug-likeness (QED) is 0.234. The van der Waals surface area contributed by atoms with Crippen molar-refractivity contribution in [2.45, 2.75) is 75.4 Å². The van der Waals surface area contributed by atoms with Gasteiger partial charge in [0.05, 0.1) is 26.8 Å². The van der Waals surface area contributed by atoms with E-state index >= 15 is 0 Å². The Morgan fingerprint density at radius 2 is 1.66 bits per heavy atom. The van der Waals surface area contributed by atoms with Crippen molar-refractivity contribution >= 4 is 38.5 Å². The number of aromatic amines is 1. The number of thiazole rings is 1. The summed E-state index contributed by atoms with van der Waals surface area (Å²) in [6.07, 6.45) is 7.95. The number of likely N-dealkylation sites (tertiary alicyclic amines) is 1. The van der Waals surface area contributed by atoms with E-state index < -0.39 is 0 Å². The van der Waals surface area contributed by atoms with Crippen molar-refractivity contribution in [3.05, 3.63) is 99.4 Å². The summed E-state index contributed by atoms with van der Waals surface area (Å²) in [6.45, 7) is 4.71. The maximum Gasteiger partial charge on any atom is 0.305 e. The molecule has 3 saturated heterocycles. The topological polar surface area (TPSA) is 74.2 Å². The summed E-state index contributed by atoms with van der Waals surface area (Å²) in [5, 5.41) is 0. The monoisotopic (exact) mass is 605 g/mol. The molecule has 7 nitrogen and oxygen atoms in total. The zero-order valence-electron chi connectivity index (χ0n) is 25.2. The molecule has 0 radical (unpaired) electrons. The Morgan fingerprint density at radius 3 is 2.43 bits per heavy atom. The Kier molecular flexibility index (Phi) is 6.94. The van der Waals surface area contributed by atoms with Gasteiger partial charge in [-0.3, -0.25) is 14.5 Å². The largest absolute Gasteiger partial charge is 0.339 e. The summed E-state index contributed by atoms with van der Waals surface area (Å²) in [6, 6.07) is 27.0. The van der Waals surface area contributed by atoms with Gasteiger partial charge in [0.2, 0.25) is 0 Å². The Bertz CT molecular complexity index is 1870. The summed E-state index contributed by atoms with van der Waals surface area (Å²) in [5.41, 5.74) is 5.11. The number of para-hydroxylation sites is 3. The molecule has 0 aliphatic carbocycles. The highest BCUT2D eigenvalue weighted by molar-refractivity contribution is 7.16. The molecule has 1 amide bonds. The van der Waals surface area contributed by atoms with Crippen molar-refractivity contribution in [1.82, 2.24) is 24.3 Å². The average Bonchev–Trinajstić information content (AvgIpc) is 3.68. The van der Waals surface area contributed by atoms with Gasteiger partial charge in [-0.05, 0) is 93.7 Å². The molecule has 3 atom stereocenters. The first-order valence-corrected chi connectivity index (χ1v) is 17.0. The fourth-order valence-electron chi connectivity index (χ4n) is 8.72. The van der Waals surface area contributed by atoms with Crippen molar-refractivity contribution in [3.63, 3.8) is 0 Å². The van der Waals surface area contributed by atoms with Gasteiger partial charge in [0, 0.05) is 31.2 Å². The van der Waals surface area contributed by atoms with Gasteiger partial charge in [-0.1, -0.05) is 59.9 Å². The second-order valence-corrected chi connectivity index (χ2v) is 14.2. The molecular weight excluding hydrogens is 566 g/mol. The molecule has 3 aliphatic heterocycles. The molecule has 1 N–H and O–H groups in total. The van der Waals surface area contributed by atoms with Gasteiger partial charge in [-0.25, -0.2) is 4.98 Å². The number of rotatable bonds is 6. The molecule has 8 heteroatoms. The van der Waals surface area contributed by atoms with Crippen LogP contribution in [0, 0.1) is 6.92 Å². The lowest BCUT2D eigenvalue weighted by molar-refractivity contribution is 0.0608. The van der Waals surface area contributed by atoms with E-state index in [9.17, 15) is 9.59 Å². The highest BCUT2D eigenvalue weighted by atomic mass is 32.1. The van der Waals surface area contributed by atoms with Gasteiger partial charge in [0.15, 0.2) is 0 Å². The molecule has 44 heavy (non-hydrogen) atoms. The van der Waals surface area contributed by atoms with Crippen LogP contribution in [0.25, 0.3) is 21.3 Å². The number of hydrogen-bond donors (Lipinski definition) is 1. The molecule has 3 fully saturated rings. The zero-order chi connectivity index (χ0) is 29.8. The Balaban J connectivity index is 0.992. The number of benzene rings is 3. The van der Waals surface area contributed by atoms with E-state index in [0.717, 1.165) is 66.3 Å². The molecule has 8 rings (SSSR count). The predicted molar refractivity (Wildman–Crippen MR) is 177 cm³/mol. The lowest BCUT2D eigenvalue weighted by Crippen LogP contribution is -2.49. The van der Waals surface area contributed by atoms with E-state index in [-0.39, 0.29) is 16.2 Å². The van der Waals surface area contributed by atoms with Crippen LogP contribution in [0.2, 0.25) is 0 Å². The molecule has 0 spiro atoms. The first kappa shape index (κ1) is 27.8. The van der Waals surface area contributed by atoms with Crippen LogP contribution in [0.3, 0.4) is 0 Å². The number of carbonyl (C=O) groups excluding carboxylic acids is 1. The summed E-state index contributed by atoms with van der Waals surface area (Å²) in [5.74, 6) is 1.16. The Hall–Kier alpha value is -3.75. The second kappa shape index (κ2) is 11.0. The minimum atomic E-state index is -0.117. The maximum absolute atomic E-state index is 13.7. The van der Waals surface area contributed by atoms with Crippen LogP contribution in [0.1, 0.15) is 72.7 Å². The zero-order valence-corrected chi connectivity index (χ0v) is 26.1. The van der Waals surface area contributed by atoms with E-state index in [0.29, 0.717) is 29.2 Å². The third kappa shape index (κ3) is 4.70. The fraction of sp³-hybridized carbons (Fsp3) is 0.417. The van der Waals surface area contributed by atoms with Crippen LogP contribution < -0.4 is 4.87 Å². The number of H-pyrrole nitrogens is 1. The van der Waals surface area contributed by atoms with E-state index in [2.05, 4.69) is 76.0 Å². The van der Waals surface area contributed by atoms with Gasteiger partial charge in [0.1, 0.15) is 5.82 Å². The number of carbonyl (C=O) groups is 1. The minimum Gasteiger partial charge on any atom is -0.339 e. The molecule has 2 aromatic heterocycles. The Labute approximate surface area is 261 Å². The third-order valence-corrected chi connectivity index (χ3v) is 11.8. The van der Waals surface area contributed by atoms with Crippen molar-refractivity contribution in [3.8, 4) is 0 Å². The first-order valence-electron chi connectivity index (χ1n) is 16.2. The maximum atomic E-state index is 13.7. The SMILES string of the molecule is Cc1nc2ccccc2n1C1C[C@H]2CC[C@@H](C1)N2CCC1(c2ccccc2)CCN(C(=O)c2cccc3sc(=O)[nH]c23)CC1. The van der Waals surface area contributed by atoms with E-state index in [1.165, 1.54) is 36.8 Å². The summed E-state index contributed by atoms with van der Waals surface area (Å²) in [4.78, 5) is 38.2. The standard InChI is InChI=1S/C36H39N5O2S/c1-24-37-30-11-5-6-12-31(30)41(24)28-22-26-14-15-27(23-28)40(26)21-18-36(25-8-3-2-4-9-25)16-19-39(20-17-36)34(42)29-10-7-13-32-33(29)38-35(43)44-32/h2-13,26-28H,14-23H2,1H3,(H,38,43)/t26-,27+,28?.